The number of fused-ring (bicyclic) bond motifs is 2. The maximum absolute atomic E-state index is 13.0. The van der Waals surface area contributed by atoms with Crippen LogP contribution in [0, 0.1) is 0 Å². The number of nitrogens with one attached hydrogen (secondary N) is 1. The van der Waals surface area contributed by atoms with Crippen molar-refractivity contribution < 1.29 is 9.53 Å². The molecule has 0 atom stereocenters. The number of rotatable bonds is 5. The van der Waals surface area contributed by atoms with Gasteiger partial charge in [0, 0.05) is 25.0 Å². The van der Waals surface area contributed by atoms with Crippen molar-refractivity contribution in [3.05, 3.63) is 69.3 Å². The molecule has 33 heavy (non-hydrogen) atoms. The molecule has 1 N–H and O–H groups in total. The average molecular weight is 484 g/mol. The van der Waals surface area contributed by atoms with Crippen LogP contribution in [0.2, 0.25) is 10.0 Å². The second-order valence-electron chi connectivity index (χ2n) is 8.12. The smallest absolute Gasteiger partial charge is 0.268 e. The third kappa shape index (κ3) is 4.36. The summed E-state index contributed by atoms with van der Waals surface area (Å²) in [6.45, 7) is 5.35. The summed E-state index contributed by atoms with van der Waals surface area (Å²) in [4.78, 5) is 25.7. The largest absolute Gasteiger partial charge is 0.455 e. The van der Waals surface area contributed by atoms with Gasteiger partial charge in [-0.2, -0.15) is 4.98 Å². The molecule has 0 spiro atoms. The van der Waals surface area contributed by atoms with Crippen LogP contribution in [0.3, 0.4) is 0 Å². The Morgan fingerprint density at radius 1 is 1.15 bits per heavy atom. The van der Waals surface area contributed by atoms with Crippen molar-refractivity contribution in [2.24, 2.45) is 0 Å². The Labute approximate surface area is 202 Å². The molecule has 0 radical (unpaired) electrons. The number of hydrogen-bond acceptors (Lipinski definition) is 6. The van der Waals surface area contributed by atoms with Gasteiger partial charge in [0.1, 0.15) is 5.56 Å². The predicted octanol–water partition coefficient (Wildman–Crippen LogP) is 5.29. The van der Waals surface area contributed by atoms with Gasteiger partial charge in [-0.1, -0.05) is 42.3 Å². The second-order valence-corrected chi connectivity index (χ2v) is 8.94. The number of halogens is 2. The molecule has 0 fully saturated rings. The summed E-state index contributed by atoms with van der Waals surface area (Å²) in [7, 11) is 0. The normalized spacial score (nSPS) is 15.6. The molecule has 0 saturated carbocycles. The molecule has 0 unspecified atom stereocenters. The highest BCUT2D eigenvalue weighted by Crippen LogP contribution is 2.37. The number of amides is 1. The Kier molecular flexibility index (Phi) is 6.10. The number of para-hydroxylation sites is 1. The molecule has 0 saturated heterocycles. The first-order valence-electron chi connectivity index (χ1n) is 10.9. The van der Waals surface area contributed by atoms with Gasteiger partial charge in [-0.15, -0.1) is 0 Å². The van der Waals surface area contributed by atoms with Crippen molar-refractivity contribution in [3.8, 4) is 5.88 Å². The Bertz CT molecular complexity index is 1200. The van der Waals surface area contributed by atoms with Crippen LogP contribution in [0.5, 0.6) is 5.88 Å². The van der Waals surface area contributed by atoms with E-state index in [1.165, 1.54) is 28.6 Å². The average Bonchev–Trinajstić information content (AvgIpc) is 2.81. The summed E-state index contributed by atoms with van der Waals surface area (Å²) < 4.78 is 5.77. The number of ether oxygens (including phenoxy) is 1. The lowest BCUT2D eigenvalue weighted by Crippen LogP contribution is -2.39. The van der Waals surface area contributed by atoms with E-state index in [4.69, 9.17) is 27.9 Å². The fourth-order valence-electron chi connectivity index (χ4n) is 4.25. The molecule has 170 valence electrons. The molecule has 5 rings (SSSR count). The van der Waals surface area contributed by atoms with Crippen LogP contribution in [0.4, 0.5) is 17.3 Å². The van der Waals surface area contributed by atoms with E-state index in [9.17, 15) is 4.79 Å². The number of carbonyl (C=O) groups is 1. The van der Waals surface area contributed by atoms with E-state index in [-0.39, 0.29) is 24.1 Å². The van der Waals surface area contributed by atoms with Crippen LogP contribution in [0.25, 0.3) is 0 Å². The third-order valence-corrected chi connectivity index (χ3v) is 6.47. The maximum atomic E-state index is 13.0. The lowest BCUT2D eigenvalue weighted by molar-refractivity contribution is 0.0932. The zero-order valence-electron chi connectivity index (χ0n) is 18.1. The monoisotopic (exact) mass is 483 g/mol. The first-order valence-corrected chi connectivity index (χ1v) is 11.7. The van der Waals surface area contributed by atoms with E-state index >= 15 is 0 Å². The Hall–Kier alpha value is -2.87. The number of nitrogens with zero attached hydrogens (tertiary/aromatic N) is 4. The summed E-state index contributed by atoms with van der Waals surface area (Å²) in [6, 6.07) is 11.4. The van der Waals surface area contributed by atoms with Crippen LogP contribution in [-0.4, -0.2) is 40.6 Å². The maximum Gasteiger partial charge on any atom is 0.268 e. The summed E-state index contributed by atoms with van der Waals surface area (Å²) in [5.74, 6) is 0.280. The molecule has 3 heterocycles. The van der Waals surface area contributed by atoms with Crippen molar-refractivity contribution in [2.75, 3.05) is 30.0 Å². The molecule has 0 aliphatic carbocycles. The Morgan fingerprint density at radius 3 is 2.76 bits per heavy atom. The van der Waals surface area contributed by atoms with Gasteiger partial charge < -0.3 is 10.1 Å². The van der Waals surface area contributed by atoms with Crippen molar-refractivity contribution in [2.45, 2.75) is 26.3 Å². The molecule has 2 aliphatic rings. The fourth-order valence-corrected chi connectivity index (χ4v) is 4.85. The zero-order chi connectivity index (χ0) is 22.9. The second kappa shape index (κ2) is 9.17. The van der Waals surface area contributed by atoms with E-state index < -0.39 is 0 Å². The van der Waals surface area contributed by atoms with Crippen LogP contribution in [0.15, 0.2) is 42.6 Å². The standard InChI is InChI=1S/C24H23Cl2N5O2/c1-2-9-30-10-8-15-11-17(7-6-16(15)13-30)28-24-27-12-18-22(29-24)33-14-31(23(18)32)21-19(25)4-3-5-20(21)26/h3-7,11-12H,2,8-10,13-14H2,1H3,(H,27,28,29). The minimum atomic E-state index is -0.316. The van der Waals surface area contributed by atoms with Crippen molar-refractivity contribution in [1.82, 2.24) is 14.9 Å². The van der Waals surface area contributed by atoms with Gasteiger partial charge in [0.25, 0.3) is 5.91 Å². The minimum absolute atomic E-state index is 0.0428. The number of carbonyl (C=O) groups excluding carboxylic acids is 1. The van der Waals surface area contributed by atoms with Gasteiger partial charge in [-0.25, -0.2) is 4.98 Å². The SMILES string of the molecule is CCCN1CCc2cc(Nc3ncc4c(n3)OCN(c3c(Cl)cccc3Cl)C4=O)ccc2C1. The first kappa shape index (κ1) is 21.9. The predicted molar refractivity (Wildman–Crippen MR) is 130 cm³/mol. The van der Waals surface area contributed by atoms with Gasteiger partial charge in [-0.3, -0.25) is 14.6 Å². The molecular formula is C24H23Cl2N5O2. The molecular weight excluding hydrogens is 461 g/mol. The lowest BCUT2D eigenvalue weighted by Gasteiger charge is -2.29. The minimum Gasteiger partial charge on any atom is -0.455 e. The van der Waals surface area contributed by atoms with E-state index in [1.807, 2.05) is 6.07 Å². The number of anilines is 3. The van der Waals surface area contributed by atoms with Gasteiger partial charge in [0.2, 0.25) is 11.8 Å². The van der Waals surface area contributed by atoms with Gasteiger partial charge in [0.05, 0.1) is 15.7 Å². The van der Waals surface area contributed by atoms with Crippen LogP contribution >= 0.6 is 23.2 Å². The summed E-state index contributed by atoms with van der Waals surface area (Å²) in [6.07, 6.45) is 3.65. The fraction of sp³-hybridized carbons (Fsp3) is 0.292. The number of aromatic nitrogens is 2. The number of benzene rings is 2. The zero-order valence-corrected chi connectivity index (χ0v) is 19.7. The molecule has 0 bridgehead atoms. The molecule has 7 nitrogen and oxygen atoms in total. The molecule has 2 aliphatic heterocycles. The van der Waals surface area contributed by atoms with E-state index in [2.05, 4.69) is 39.2 Å². The number of hydrogen-bond donors (Lipinski definition) is 1. The van der Waals surface area contributed by atoms with Gasteiger partial charge in [-0.05, 0) is 54.8 Å². The van der Waals surface area contributed by atoms with Crippen LogP contribution in [0.1, 0.15) is 34.8 Å². The molecule has 1 aromatic heterocycles. The lowest BCUT2D eigenvalue weighted by atomic mass is 9.99. The topological polar surface area (TPSA) is 70.6 Å². The van der Waals surface area contributed by atoms with Gasteiger partial charge >= 0.3 is 0 Å². The van der Waals surface area contributed by atoms with E-state index in [0.717, 1.165) is 31.7 Å². The van der Waals surface area contributed by atoms with E-state index in [1.54, 1.807) is 18.2 Å². The molecule has 9 heteroatoms. The highest BCUT2D eigenvalue weighted by atomic mass is 35.5. The third-order valence-electron chi connectivity index (χ3n) is 5.86. The van der Waals surface area contributed by atoms with Crippen molar-refractivity contribution in [3.63, 3.8) is 0 Å². The highest BCUT2D eigenvalue weighted by Gasteiger charge is 2.31. The first-order chi connectivity index (χ1) is 16.0. The Balaban J connectivity index is 1.34. The summed E-state index contributed by atoms with van der Waals surface area (Å²) >= 11 is 12.5. The molecule has 1 amide bonds. The van der Waals surface area contributed by atoms with Crippen LogP contribution < -0.4 is 15.0 Å². The van der Waals surface area contributed by atoms with E-state index in [0.29, 0.717) is 21.7 Å². The van der Waals surface area contributed by atoms with Crippen molar-refractivity contribution >= 4 is 46.4 Å². The summed E-state index contributed by atoms with van der Waals surface area (Å²) in [5, 5.41) is 3.97. The molecule has 3 aromatic rings. The van der Waals surface area contributed by atoms with Crippen LogP contribution in [-0.2, 0) is 13.0 Å². The molecule has 2 aromatic carbocycles. The van der Waals surface area contributed by atoms with Crippen molar-refractivity contribution in [1.29, 1.82) is 0 Å². The summed E-state index contributed by atoms with van der Waals surface area (Å²) in [5.41, 5.74) is 4.27. The highest BCUT2D eigenvalue weighted by molar-refractivity contribution is 6.40. The quantitative estimate of drug-likeness (QED) is 0.531. The Morgan fingerprint density at radius 2 is 1.97 bits per heavy atom. The van der Waals surface area contributed by atoms with Gasteiger partial charge in [0.15, 0.2) is 6.73 Å².